The van der Waals surface area contributed by atoms with Crippen LogP contribution in [-0.2, 0) is 25.7 Å². The van der Waals surface area contributed by atoms with E-state index in [0.717, 1.165) is 5.56 Å². The highest BCUT2D eigenvalue weighted by atomic mass is 16.6. The first-order valence-electron chi connectivity index (χ1n) is 8.61. The lowest BCUT2D eigenvalue weighted by atomic mass is 10.1. The number of hydrogen-bond acceptors (Lipinski definition) is 6. The van der Waals surface area contributed by atoms with Gasteiger partial charge in [0.15, 0.2) is 5.78 Å². The minimum atomic E-state index is -1.92. The molecule has 0 radical (unpaired) electrons. The Bertz CT molecular complexity index is 652. The highest BCUT2D eigenvalue weighted by Gasteiger charge is 2.41. The van der Waals surface area contributed by atoms with Crippen LogP contribution in [0.1, 0.15) is 39.2 Å². The van der Waals surface area contributed by atoms with Crippen molar-refractivity contribution < 1.29 is 29.0 Å². The Morgan fingerprint density at radius 1 is 1.23 bits per heavy atom. The average Bonchev–Trinajstić information content (AvgIpc) is 3.07. The van der Waals surface area contributed by atoms with Gasteiger partial charge in [0, 0.05) is 6.54 Å². The third kappa shape index (κ3) is 5.29. The van der Waals surface area contributed by atoms with Crippen molar-refractivity contribution in [2.75, 3.05) is 6.54 Å². The van der Waals surface area contributed by atoms with E-state index in [-0.39, 0.29) is 6.61 Å². The lowest BCUT2D eigenvalue weighted by Gasteiger charge is -2.28. The molecular weight excluding hydrogens is 338 g/mol. The Balaban J connectivity index is 1.95. The van der Waals surface area contributed by atoms with Gasteiger partial charge in [0.1, 0.15) is 12.2 Å². The van der Waals surface area contributed by atoms with Gasteiger partial charge in [0.25, 0.3) is 0 Å². The van der Waals surface area contributed by atoms with Gasteiger partial charge in [0.05, 0.1) is 6.04 Å². The Morgan fingerprint density at radius 3 is 2.50 bits per heavy atom. The van der Waals surface area contributed by atoms with Crippen LogP contribution in [0.3, 0.4) is 0 Å². The van der Waals surface area contributed by atoms with Gasteiger partial charge in [-0.3, -0.25) is 9.69 Å². The lowest BCUT2D eigenvalue weighted by Crippen LogP contribution is -2.48. The fourth-order valence-electron chi connectivity index (χ4n) is 2.71. The van der Waals surface area contributed by atoms with Gasteiger partial charge in [-0.15, -0.1) is 0 Å². The number of amides is 1. The Morgan fingerprint density at radius 2 is 1.88 bits per heavy atom. The van der Waals surface area contributed by atoms with Crippen molar-refractivity contribution in [3.63, 3.8) is 0 Å². The molecule has 0 aromatic heterocycles. The average molecular weight is 363 g/mol. The third-order valence-corrected chi connectivity index (χ3v) is 3.93. The zero-order chi connectivity index (χ0) is 19.3. The number of hydrogen-bond donors (Lipinski definition) is 1. The zero-order valence-electron chi connectivity index (χ0n) is 15.3. The second-order valence-electron chi connectivity index (χ2n) is 7.23. The summed E-state index contributed by atoms with van der Waals surface area (Å²) in [6.07, 6.45) is -1.58. The number of rotatable bonds is 5. The van der Waals surface area contributed by atoms with Gasteiger partial charge < -0.3 is 14.6 Å². The van der Waals surface area contributed by atoms with E-state index < -0.39 is 35.6 Å². The molecule has 7 heteroatoms. The Kier molecular flexibility index (Phi) is 6.37. The van der Waals surface area contributed by atoms with Gasteiger partial charge in [0.2, 0.25) is 6.10 Å². The molecule has 142 valence electrons. The fourth-order valence-corrected chi connectivity index (χ4v) is 2.71. The van der Waals surface area contributed by atoms with Crippen molar-refractivity contribution in [3.8, 4) is 0 Å². The topological polar surface area (TPSA) is 93.1 Å². The lowest BCUT2D eigenvalue weighted by molar-refractivity contribution is -0.160. The summed E-state index contributed by atoms with van der Waals surface area (Å²) in [4.78, 5) is 38.0. The van der Waals surface area contributed by atoms with Crippen molar-refractivity contribution in [2.45, 2.75) is 58.0 Å². The Labute approximate surface area is 152 Å². The second kappa shape index (κ2) is 8.31. The summed E-state index contributed by atoms with van der Waals surface area (Å²) in [5.41, 5.74) is 0.0530. The van der Waals surface area contributed by atoms with Gasteiger partial charge in [-0.2, -0.15) is 0 Å². The summed E-state index contributed by atoms with van der Waals surface area (Å²) in [6, 6.07) is 8.06. The molecule has 1 aliphatic rings. The van der Waals surface area contributed by atoms with Crippen molar-refractivity contribution >= 4 is 17.8 Å². The van der Waals surface area contributed by atoms with Gasteiger partial charge >= 0.3 is 12.1 Å². The predicted molar refractivity (Wildman–Crippen MR) is 93.2 cm³/mol. The first-order valence-corrected chi connectivity index (χ1v) is 8.61. The summed E-state index contributed by atoms with van der Waals surface area (Å²) in [7, 11) is 0. The van der Waals surface area contributed by atoms with E-state index in [0.29, 0.717) is 19.4 Å². The molecule has 1 heterocycles. The van der Waals surface area contributed by atoms with Crippen molar-refractivity contribution in [1.82, 2.24) is 4.90 Å². The highest BCUT2D eigenvalue weighted by Crippen LogP contribution is 2.22. The minimum absolute atomic E-state index is 0.0372. The van der Waals surface area contributed by atoms with Crippen molar-refractivity contribution in [3.05, 3.63) is 35.9 Å². The molecule has 0 saturated carbocycles. The number of likely N-dealkylation sites (tertiary alicyclic amines) is 1. The quantitative estimate of drug-likeness (QED) is 0.636. The van der Waals surface area contributed by atoms with Crippen LogP contribution in [0, 0.1) is 0 Å². The minimum Gasteiger partial charge on any atom is -0.459 e. The maximum atomic E-state index is 12.5. The maximum absolute atomic E-state index is 12.5. The summed E-state index contributed by atoms with van der Waals surface area (Å²) in [5, 5.41) is 10.1. The van der Waals surface area contributed by atoms with Crippen LogP contribution in [0.2, 0.25) is 0 Å². The summed E-state index contributed by atoms with van der Waals surface area (Å²) in [6.45, 7) is 5.50. The molecule has 1 saturated heterocycles. The molecule has 0 aliphatic carbocycles. The predicted octanol–water partition coefficient (Wildman–Crippen LogP) is 2.06. The van der Waals surface area contributed by atoms with E-state index in [1.807, 2.05) is 6.07 Å². The molecule has 1 fully saturated rings. The summed E-state index contributed by atoms with van der Waals surface area (Å²) in [5.74, 6) is -1.76. The smallest absolute Gasteiger partial charge is 0.410 e. The van der Waals surface area contributed by atoms with E-state index in [2.05, 4.69) is 0 Å². The summed E-state index contributed by atoms with van der Waals surface area (Å²) >= 11 is 0. The second-order valence-corrected chi connectivity index (χ2v) is 7.23. The first-order chi connectivity index (χ1) is 12.2. The van der Waals surface area contributed by atoms with E-state index in [9.17, 15) is 19.5 Å². The number of carbonyl (C=O) groups excluding carboxylic acids is 3. The van der Waals surface area contributed by atoms with Crippen molar-refractivity contribution in [1.29, 1.82) is 0 Å². The van der Waals surface area contributed by atoms with E-state index in [1.54, 1.807) is 45.0 Å². The molecule has 1 amide bonds. The number of Topliss-reactive ketones (excluding diaryl/α,β-unsaturated/α-hetero) is 1. The highest BCUT2D eigenvalue weighted by molar-refractivity contribution is 6.05. The maximum Gasteiger partial charge on any atom is 0.410 e. The van der Waals surface area contributed by atoms with E-state index in [1.165, 1.54) is 4.90 Å². The van der Waals surface area contributed by atoms with Crippen LogP contribution in [0.15, 0.2) is 30.3 Å². The molecule has 0 bridgehead atoms. The molecular formula is C19H25NO6. The van der Waals surface area contributed by atoms with Crippen LogP contribution >= 0.6 is 0 Å². The first kappa shape index (κ1) is 19.9. The molecule has 7 nitrogen and oxygen atoms in total. The van der Waals surface area contributed by atoms with Gasteiger partial charge in [-0.05, 0) is 39.2 Å². The number of carbonyl (C=O) groups is 3. The molecule has 0 spiro atoms. The third-order valence-electron chi connectivity index (χ3n) is 3.93. The zero-order valence-corrected chi connectivity index (χ0v) is 15.3. The Hall–Kier alpha value is -2.41. The number of ketones is 1. The molecule has 1 aliphatic heterocycles. The number of benzene rings is 1. The molecule has 2 rings (SSSR count). The number of ether oxygens (including phenoxy) is 2. The number of aliphatic hydroxyl groups is 1. The summed E-state index contributed by atoms with van der Waals surface area (Å²) < 4.78 is 10.3. The van der Waals surface area contributed by atoms with Crippen LogP contribution in [0.5, 0.6) is 0 Å². The molecule has 26 heavy (non-hydrogen) atoms. The van der Waals surface area contributed by atoms with E-state index >= 15 is 0 Å². The SMILES string of the molecule is CC(C)(C)OC(=O)N1CCCC1C(=O)C(O)C(=O)OCc1ccccc1. The normalized spacial score (nSPS) is 18.3. The van der Waals surface area contributed by atoms with Crippen LogP contribution < -0.4 is 0 Å². The van der Waals surface area contributed by atoms with Crippen LogP contribution in [0.25, 0.3) is 0 Å². The standard InChI is InChI=1S/C19H25NO6/c1-19(2,3)26-18(24)20-11-7-10-14(20)15(21)16(22)17(23)25-12-13-8-5-4-6-9-13/h4-6,8-9,14,16,22H,7,10-12H2,1-3H3. The van der Waals surface area contributed by atoms with Crippen molar-refractivity contribution in [2.24, 2.45) is 0 Å². The molecule has 1 N–H and O–H groups in total. The molecule has 2 atom stereocenters. The van der Waals surface area contributed by atoms with Crippen LogP contribution in [-0.4, -0.2) is 52.1 Å². The largest absolute Gasteiger partial charge is 0.459 e. The fraction of sp³-hybridized carbons (Fsp3) is 0.526. The van der Waals surface area contributed by atoms with Gasteiger partial charge in [-0.1, -0.05) is 30.3 Å². The number of nitrogens with zero attached hydrogens (tertiary/aromatic N) is 1. The molecule has 2 unspecified atom stereocenters. The molecule has 1 aromatic carbocycles. The van der Waals surface area contributed by atoms with Crippen LogP contribution in [0.4, 0.5) is 4.79 Å². The van der Waals surface area contributed by atoms with E-state index in [4.69, 9.17) is 9.47 Å². The molecule has 1 aromatic rings. The number of aliphatic hydroxyl groups excluding tert-OH is 1. The monoisotopic (exact) mass is 363 g/mol. The number of esters is 1. The van der Waals surface area contributed by atoms with Gasteiger partial charge in [-0.25, -0.2) is 9.59 Å².